The van der Waals surface area contributed by atoms with Crippen LogP contribution in [0.2, 0.25) is 0 Å². The first-order valence-corrected chi connectivity index (χ1v) is 9.33. The number of rotatable bonds is 4. The zero-order chi connectivity index (χ0) is 19.7. The molecule has 0 bridgehead atoms. The van der Waals surface area contributed by atoms with Crippen LogP contribution in [0.4, 0.5) is 5.69 Å². The maximum Gasteiger partial charge on any atom is 0.252 e. The van der Waals surface area contributed by atoms with E-state index in [1.807, 2.05) is 71.0 Å². The van der Waals surface area contributed by atoms with Crippen LogP contribution in [-0.4, -0.2) is 10.5 Å². The van der Waals surface area contributed by atoms with Crippen LogP contribution in [0.5, 0.6) is 0 Å². The Morgan fingerprint density at radius 2 is 1.74 bits per heavy atom. The third kappa shape index (κ3) is 3.52. The smallest absolute Gasteiger partial charge is 0.252 e. The molecule has 140 valence electrons. The minimum Gasteiger partial charge on any atom is -0.324 e. The van der Waals surface area contributed by atoms with Gasteiger partial charge in [-0.05, 0) is 56.9 Å². The lowest BCUT2D eigenvalue weighted by atomic mass is 10.0. The van der Waals surface area contributed by atoms with Crippen LogP contribution >= 0.6 is 0 Å². The van der Waals surface area contributed by atoms with Crippen molar-refractivity contribution in [1.82, 2.24) is 4.57 Å². The van der Waals surface area contributed by atoms with Gasteiger partial charge in [-0.2, -0.15) is 0 Å². The third-order valence-corrected chi connectivity index (χ3v) is 5.12. The summed E-state index contributed by atoms with van der Waals surface area (Å²) < 4.78 is 1.65. The first-order valence-electron chi connectivity index (χ1n) is 9.33. The Morgan fingerprint density at radius 3 is 2.41 bits per heavy atom. The fourth-order valence-corrected chi connectivity index (χ4v) is 3.70. The number of anilines is 1. The number of carbonyl (C=O) groups is 1. The van der Waals surface area contributed by atoms with Gasteiger partial charge in [0.2, 0.25) is 5.91 Å². The molecule has 0 radical (unpaired) electrons. The SMILES string of the molecule is CCC(C(=O)Nc1ccc(C)cc1C)n1c(=O)cc(C)c2cccc(C)c21. The van der Waals surface area contributed by atoms with E-state index in [0.29, 0.717) is 6.42 Å². The summed E-state index contributed by atoms with van der Waals surface area (Å²) in [6.45, 7) is 9.84. The molecule has 0 saturated carbocycles. The van der Waals surface area contributed by atoms with Crippen molar-refractivity contribution < 1.29 is 4.79 Å². The first kappa shape index (κ1) is 18.9. The zero-order valence-corrected chi connectivity index (χ0v) is 16.6. The molecular formula is C23H26N2O2. The zero-order valence-electron chi connectivity index (χ0n) is 16.6. The molecule has 0 saturated heterocycles. The van der Waals surface area contributed by atoms with Gasteiger partial charge in [-0.25, -0.2) is 0 Å². The van der Waals surface area contributed by atoms with Gasteiger partial charge in [-0.1, -0.05) is 42.8 Å². The lowest BCUT2D eigenvalue weighted by molar-refractivity contribution is -0.119. The minimum absolute atomic E-state index is 0.142. The fraction of sp³-hybridized carbons (Fsp3) is 0.304. The van der Waals surface area contributed by atoms with Gasteiger partial charge < -0.3 is 5.32 Å². The molecule has 0 spiro atoms. The van der Waals surface area contributed by atoms with Crippen LogP contribution in [0, 0.1) is 27.7 Å². The van der Waals surface area contributed by atoms with Crippen LogP contribution in [0.15, 0.2) is 47.3 Å². The summed E-state index contributed by atoms with van der Waals surface area (Å²) in [4.78, 5) is 26.0. The van der Waals surface area contributed by atoms with Gasteiger partial charge in [0.05, 0.1) is 5.52 Å². The topological polar surface area (TPSA) is 51.1 Å². The van der Waals surface area contributed by atoms with Crippen LogP contribution in [0.1, 0.15) is 41.6 Å². The van der Waals surface area contributed by atoms with E-state index in [-0.39, 0.29) is 11.5 Å². The number of nitrogens with zero attached hydrogens (tertiary/aromatic N) is 1. The van der Waals surface area contributed by atoms with Crippen molar-refractivity contribution in [2.75, 3.05) is 5.32 Å². The summed E-state index contributed by atoms with van der Waals surface area (Å²) in [5.74, 6) is -0.167. The number of carbonyl (C=O) groups excluding carboxylic acids is 1. The second kappa shape index (κ2) is 7.39. The highest BCUT2D eigenvalue weighted by Crippen LogP contribution is 2.25. The second-order valence-electron chi connectivity index (χ2n) is 7.24. The molecule has 0 fully saturated rings. The molecule has 2 aromatic carbocycles. The van der Waals surface area contributed by atoms with Crippen molar-refractivity contribution in [1.29, 1.82) is 0 Å². The predicted octanol–water partition coefficient (Wildman–Crippen LogP) is 4.82. The molecule has 1 amide bonds. The van der Waals surface area contributed by atoms with E-state index in [1.54, 1.807) is 10.6 Å². The quantitative estimate of drug-likeness (QED) is 0.723. The number of benzene rings is 2. The molecule has 4 nitrogen and oxygen atoms in total. The van der Waals surface area contributed by atoms with Crippen molar-refractivity contribution in [2.45, 2.75) is 47.1 Å². The molecule has 3 aromatic rings. The number of fused-ring (bicyclic) bond motifs is 1. The molecule has 1 unspecified atom stereocenters. The monoisotopic (exact) mass is 362 g/mol. The van der Waals surface area contributed by atoms with Crippen molar-refractivity contribution in [3.63, 3.8) is 0 Å². The summed E-state index contributed by atoms with van der Waals surface area (Å²) in [7, 11) is 0. The molecule has 1 atom stereocenters. The molecule has 1 aromatic heterocycles. The van der Waals surface area contributed by atoms with Gasteiger partial charge >= 0.3 is 0 Å². The lowest BCUT2D eigenvalue weighted by Gasteiger charge is -2.22. The number of para-hydroxylation sites is 1. The number of hydrogen-bond acceptors (Lipinski definition) is 2. The van der Waals surface area contributed by atoms with E-state index in [1.165, 1.54) is 0 Å². The Balaban J connectivity index is 2.11. The first-order chi connectivity index (χ1) is 12.8. The highest BCUT2D eigenvalue weighted by molar-refractivity contribution is 5.96. The Morgan fingerprint density at radius 1 is 1.00 bits per heavy atom. The van der Waals surface area contributed by atoms with E-state index < -0.39 is 6.04 Å². The van der Waals surface area contributed by atoms with Crippen LogP contribution in [-0.2, 0) is 4.79 Å². The predicted molar refractivity (Wildman–Crippen MR) is 112 cm³/mol. The highest BCUT2D eigenvalue weighted by atomic mass is 16.2. The van der Waals surface area contributed by atoms with E-state index >= 15 is 0 Å². The molecule has 27 heavy (non-hydrogen) atoms. The fourth-order valence-electron chi connectivity index (χ4n) is 3.70. The van der Waals surface area contributed by atoms with Gasteiger partial charge in [-0.15, -0.1) is 0 Å². The number of hydrogen-bond donors (Lipinski definition) is 1. The van der Waals surface area contributed by atoms with Crippen LogP contribution < -0.4 is 10.9 Å². The molecule has 0 aliphatic rings. The summed E-state index contributed by atoms with van der Waals surface area (Å²) in [6.07, 6.45) is 0.531. The largest absolute Gasteiger partial charge is 0.324 e. The molecule has 3 rings (SSSR count). The Hall–Kier alpha value is -2.88. The number of pyridine rings is 1. The van der Waals surface area contributed by atoms with Crippen molar-refractivity contribution >= 4 is 22.5 Å². The number of amides is 1. The van der Waals surface area contributed by atoms with Gasteiger partial charge in [0.15, 0.2) is 0 Å². The maximum absolute atomic E-state index is 13.1. The number of nitrogens with one attached hydrogen (secondary N) is 1. The van der Waals surface area contributed by atoms with Crippen molar-refractivity contribution in [2.24, 2.45) is 0 Å². The highest BCUT2D eigenvalue weighted by Gasteiger charge is 2.23. The normalized spacial score (nSPS) is 12.2. The van der Waals surface area contributed by atoms with Gasteiger partial charge in [0, 0.05) is 17.1 Å². The third-order valence-electron chi connectivity index (χ3n) is 5.12. The van der Waals surface area contributed by atoms with Gasteiger partial charge in [0.1, 0.15) is 6.04 Å². The molecule has 4 heteroatoms. The summed E-state index contributed by atoms with van der Waals surface area (Å²) in [5.41, 5.74) is 5.56. The summed E-state index contributed by atoms with van der Waals surface area (Å²) in [5, 5.41) is 4.02. The van der Waals surface area contributed by atoms with Crippen molar-refractivity contribution in [3.8, 4) is 0 Å². The number of aryl methyl sites for hydroxylation is 4. The summed E-state index contributed by atoms with van der Waals surface area (Å²) in [6, 6.07) is 12.9. The Bertz CT molecular complexity index is 1080. The second-order valence-corrected chi connectivity index (χ2v) is 7.24. The molecule has 0 aliphatic carbocycles. The van der Waals surface area contributed by atoms with Gasteiger partial charge in [0.25, 0.3) is 5.56 Å². The maximum atomic E-state index is 13.1. The average Bonchev–Trinajstić information content (AvgIpc) is 2.61. The van der Waals surface area contributed by atoms with E-state index in [9.17, 15) is 9.59 Å². The Labute approximate surface area is 159 Å². The molecule has 0 aliphatic heterocycles. The van der Waals surface area contributed by atoms with Crippen LogP contribution in [0.25, 0.3) is 10.9 Å². The van der Waals surface area contributed by atoms with Crippen molar-refractivity contribution in [3.05, 3.63) is 75.1 Å². The van der Waals surface area contributed by atoms with E-state index in [0.717, 1.165) is 38.8 Å². The molecule has 1 heterocycles. The number of aromatic nitrogens is 1. The van der Waals surface area contributed by atoms with E-state index in [2.05, 4.69) is 5.32 Å². The molecular weight excluding hydrogens is 336 g/mol. The molecule has 1 N–H and O–H groups in total. The van der Waals surface area contributed by atoms with Crippen LogP contribution in [0.3, 0.4) is 0 Å². The average molecular weight is 362 g/mol. The van der Waals surface area contributed by atoms with E-state index in [4.69, 9.17) is 0 Å². The standard InChI is InChI=1S/C23H26N2O2/c1-6-20(23(27)24-19-11-10-14(2)12-17(19)5)25-21(26)13-16(4)18-9-7-8-15(3)22(18)25/h7-13,20H,6H2,1-5H3,(H,24,27). The Kier molecular flexibility index (Phi) is 5.17. The van der Waals surface area contributed by atoms with Gasteiger partial charge in [-0.3, -0.25) is 14.2 Å². The lowest BCUT2D eigenvalue weighted by Crippen LogP contribution is -2.33. The summed E-state index contributed by atoms with van der Waals surface area (Å²) >= 11 is 0. The minimum atomic E-state index is -0.567.